The van der Waals surface area contributed by atoms with Crippen molar-refractivity contribution in [2.45, 2.75) is 19.0 Å². The molecule has 4 heterocycles. The van der Waals surface area contributed by atoms with Gasteiger partial charge in [0.15, 0.2) is 0 Å². The van der Waals surface area contributed by atoms with Gasteiger partial charge in [0.1, 0.15) is 12.6 Å². The zero-order chi connectivity index (χ0) is 20.2. The second-order valence-electron chi connectivity index (χ2n) is 7.80. The summed E-state index contributed by atoms with van der Waals surface area (Å²) in [6.45, 7) is 0.392. The van der Waals surface area contributed by atoms with Crippen molar-refractivity contribution in [3.8, 4) is 0 Å². The molecular formula is C23H19N5O2. The van der Waals surface area contributed by atoms with E-state index < -0.39 is 6.04 Å². The topological polar surface area (TPSA) is 84.6 Å². The molecule has 30 heavy (non-hydrogen) atoms. The number of H-pyrrole nitrogens is 2. The van der Waals surface area contributed by atoms with Gasteiger partial charge in [-0.25, -0.2) is 5.01 Å². The SMILES string of the molecule is O=C1C2Cc3c([nH]c4ccccc34)CN2C(=O)CN1/N=C/c1c[nH]c2ccccc12. The van der Waals surface area contributed by atoms with Crippen molar-refractivity contribution in [2.75, 3.05) is 6.54 Å². The third-order valence-corrected chi connectivity index (χ3v) is 6.11. The number of benzene rings is 2. The summed E-state index contributed by atoms with van der Waals surface area (Å²) >= 11 is 0. The van der Waals surface area contributed by atoms with Crippen molar-refractivity contribution in [1.82, 2.24) is 19.9 Å². The van der Waals surface area contributed by atoms with Crippen LogP contribution >= 0.6 is 0 Å². The van der Waals surface area contributed by atoms with Crippen LogP contribution in [0.2, 0.25) is 0 Å². The zero-order valence-corrected chi connectivity index (χ0v) is 16.1. The van der Waals surface area contributed by atoms with E-state index in [2.05, 4.69) is 21.1 Å². The molecule has 2 aromatic heterocycles. The van der Waals surface area contributed by atoms with E-state index in [0.717, 1.165) is 38.6 Å². The molecule has 2 aliphatic rings. The van der Waals surface area contributed by atoms with Gasteiger partial charge in [-0.05, 0) is 17.7 Å². The summed E-state index contributed by atoms with van der Waals surface area (Å²) in [6, 6.07) is 15.4. The standard InChI is InChI=1S/C23H19N5O2/c29-22-13-28(25-11-14-10-24-18-7-3-1-5-15(14)18)23(30)21-9-17-16-6-2-4-8-19(16)26-20(17)12-27(21)22/h1-8,10-11,21,24,26H,9,12-13H2/b25-11+. The van der Waals surface area contributed by atoms with Gasteiger partial charge in [0.05, 0.1) is 12.8 Å². The number of amides is 2. The number of hydrazone groups is 1. The van der Waals surface area contributed by atoms with E-state index in [-0.39, 0.29) is 18.4 Å². The van der Waals surface area contributed by atoms with Crippen LogP contribution < -0.4 is 0 Å². The first-order valence-corrected chi connectivity index (χ1v) is 9.98. The van der Waals surface area contributed by atoms with Crippen LogP contribution in [0.25, 0.3) is 21.8 Å². The fourth-order valence-electron chi connectivity index (χ4n) is 4.59. The number of carbonyl (C=O) groups is 2. The number of piperazine rings is 1. The molecule has 148 valence electrons. The van der Waals surface area contributed by atoms with Crippen molar-refractivity contribution >= 4 is 39.8 Å². The van der Waals surface area contributed by atoms with E-state index >= 15 is 0 Å². The number of rotatable bonds is 2. The average molecular weight is 397 g/mol. The Kier molecular flexibility index (Phi) is 3.59. The number of nitrogens with one attached hydrogen (secondary N) is 2. The van der Waals surface area contributed by atoms with Gasteiger partial charge in [-0.2, -0.15) is 5.10 Å². The number of nitrogens with zero attached hydrogens (tertiary/aromatic N) is 3. The van der Waals surface area contributed by atoms with Gasteiger partial charge in [0, 0.05) is 45.7 Å². The summed E-state index contributed by atoms with van der Waals surface area (Å²) in [4.78, 5) is 34.3. The molecule has 0 spiro atoms. The van der Waals surface area contributed by atoms with Crippen LogP contribution in [0.4, 0.5) is 0 Å². The van der Waals surface area contributed by atoms with Crippen LogP contribution in [0.5, 0.6) is 0 Å². The number of aromatic nitrogens is 2. The molecule has 7 nitrogen and oxygen atoms in total. The lowest BCUT2D eigenvalue weighted by Gasteiger charge is -2.40. The van der Waals surface area contributed by atoms with Crippen molar-refractivity contribution in [1.29, 1.82) is 0 Å². The number of carbonyl (C=O) groups excluding carboxylic acids is 2. The number of para-hydroxylation sites is 2. The lowest BCUT2D eigenvalue weighted by atomic mass is 9.94. The van der Waals surface area contributed by atoms with Crippen LogP contribution in [0.15, 0.2) is 59.8 Å². The average Bonchev–Trinajstić information content (AvgIpc) is 3.35. The third-order valence-electron chi connectivity index (χ3n) is 6.11. The molecule has 1 unspecified atom stereocenters. The summed E-state index contributed by atoms with van der Waals surface area (Å²) < 4.78 is 0. The Hall–Kier alpha value is -3.87. The molecule has 0 bridgehead atoms. The van der Waals surface area contributed by atoms with Gasteiger partial charge in [-0.15, -0.1) is 0 Å². The van der Waals surface area contributed by atoms with Crippen LogP contribution in [-0.4, -0.2) is 50.5 Å². The molecule has 7 heteroatoms. The summed E-state index contributed by atoms with van der Waals surface area (Å²) in [5, 5.41) is 7.84. The fraction of sp³-hybridized carbons (Fsp3) is 0.174. The minimum absolute atomic E-state index is 0.0379. The molecule has 6 rings (SSSR count). The summed E-state index contributed by atoms with van der Waals surface area (Å²) in [5.41, 5.74) is 5.07. The molecule has 0 saturated carbocycles. The summed E-state index contributed by atoms with van der Waals surface area (Å²) in [6.07, 6.45) is 4.01. The highest BCUT2D eigenvalue weighted by molar-refractivity contribution is 6.01. The Bertz CT molecular complexity index is 1350. The zero-order valence-electron chi connectivity index (χ0n) is 16.1. The van der Waals surface area contributed by atoms with Crippen LogP contribution in [0, 0.1) is 0 Å². The quantitative estimate of drug-likeness (QED) is 0.510. The van der Waals surface area contributed by atoms with E-state index in [9.17, 15) is 9.59 Å². The number of hydrogen-bond donors (Lipinski definition) is 2. The minimum atomic E-state index is -0.516. The maximum atomic E-state index is 13.2. The van der Waals surface area contributed by atoms with Gasteiger partial charge >= 0.3 is 0 Å². The molecule has 0 aliphatic carbocycles. The van der Waals surface area contributed by atoms with Crippen molar-refractivity contribution in [2.24, 2.45) is 5.10 Å². The molecular weight excluding hydrogens is 378 g/mol. The van der Waals surface area contributed by atoms with Gasteiger partial charge in [-0.3, -0.25) is 9.59 Å². The van der Waals surface area contributed by atoms with Crippen LogP contribution in [0.1, 0.15) is 16.8 Å². The second-order valence-corrected chi connectivity index (χ2v) is 7.80. The second kappa shape index (κ2) is 6.32. The highest BCUT2D eigenvalue weighted by atomic mass is 16.2. The molecule has 2 aliphatic heterocycles. The molecule has 1 saturated heterocycles. The van der Waals surface area contributed by atoms with Gasteiger partial charge in [0.2, 0.25) is 5.91 Å². The maximum Gasteiger partial charge on any atom is 0.266 e. The minimum Gasteiger partial charge on any atom is -0.361 e. The fourth-order valence-corrected chi connectivity index (χ4v) is 4.59. The van der Waals surface area contributed by atoms with E-state index in [0.29, 0.717) is 13.0 Å². The molecule has 2 amide bonds. The molecule has 2 N–H and O–H groups in total. The van der Waals surface area contributed by atoms with E-state index in [1.54, 1.807) is 11.1 Å². The highest BCUT2D eigenvalue weighted by Crippen LogP contribution is 2.32. The predicted molar refractivity (Wildman–Crippen MR) is 114 cm³/mol. The van der Waals surface area contributed by atoms with E-state index in [4.69, 9.17) is 0 Å². The maximum absolute atomic E-state index is 13.2. The van der Waals surface area contributed by atoms with Crippen molar-refractivity contribution < 1.29 is 9.59 Å². The predicted octanol–water partition coefficient (Wildman–Crippen LogP) is 2.78. The Balaban J connectivity index is 1.32. The normalized spacial score (nSPS) is 19.1. The Morgan fingerprint density at radius 1 is 0.967 bits per heavy atom. The van der Waals surface area contributed by atoms with Gasteiger partial charge in [-0.1, -0.05) is 36.4 Å². The Morgan fingerprint density at radius 3 is 2.60 bits per heavy atom. The lowest BCUT2D eigenvalue weighted by molar-refractivity contribution is -0.157. The lowest BCUT2D eigenvalue weighted by Crippen LogP contribution is -2.60. The Labute approximate surface area is 172 Å². The first-order chi connectivity index (χ1) is 14.7. The number of aromatic amines is 2. The number of fused-ring (bicyclic) bond motifs is 5. The van der Waals surface area contributed by atoms with Crippen molar-refractivity contribution in [3.05, 3.63) is 71.5 Å². The monoisotopic (exact) mass is 397 g/mol. The summed E-state index contributed by atoms with van der Waals surface area (Å²) in [5.74, 6) is -0.221. The van der Waals surface area contributed by atoms with E-state index in [1.807, 2.05) is 48.7 Å². The molecule has 1 atom stereocenters. The first-order valence-electron chi connectivity index (χ1n) is 9.98. The first kappa shape index (κ1) is 17.0. The van der Waals surface area contributed by atoms with E-state index in [1.165, 1.54) is 5.01 Å². The molecule has 0 radical (unpaired) electrons. The highest BCUT2D eigenvalue weighted by Gasteiger charge is 2.43. The number of hydrogen-bond acceptors (Lipinski definition) is 3. The van der Waals surface area contributed by atoms with Crippen molar-refractivity contribution in [3.63, 3.8) is 0 Å². The smallest absolute Gasteiger partial charge is 0.266 e. The largest absolute Gasteiger partial charge is 0.361 e. The van der Waals surface area contributed by atoms with Gasteiger partial charge < -0.3 is 14.9 Å². The summed E-state index contributed by atoms with van der Waals surface area (Å²) in [7, 11) is 0. The third kappa shape index (κ3) is 2.48. The molecule has 1 fully saturated rings. The van der Waals surface area contributed by atoms with Gasteiger partial charge in [0.25, 0.3) is 5.91 Å². The van der Waals surface area contributed by atoms with Crippen LogP contribution in [-0.2, 0) is 22.6 Å². The van der Waals surface area contributed by atoms with Crippen LogP contribution in [0.3, 0.4) is 0 Å². The Morgan fingerprint density at radius 2 is 1.73 bits per heavy atom. The molecule has 4 aromatic rings. The molecule has 2 aromatic carbocycles.